The first kappa shape index (κ1) is 38.5. The van der Waals surface area contributed by atoms with Gasteiger partial charge in [0.2, 0.25) is 0 Å². The molecule has 0 aliphatic carbocycles. The first-order valence-electron chi connectivity index (χ1n) is 17.3. The Labute approximate surface area is 304 Å². The molecule has 2 aliphatic rings. The molecular formula is C38H49N5O9. The molecule has 5 rings (SSSR count). The van der Waals surface area contributed by atoms with Gasteiger partial charge in [0.05, 0.1) is 45.5 Å². The highest BCUT2D eigenvalue weighted by Crippen LogP contribution is 2.33. The number of carbonyl (C=O) groups excluding carboxylic acids is 3. The molecule has 3 aromatic rings. The van der Waals surface area contributed by atoms with Crippen molar-refractivity contribution in [1.82, 2.24) is 26.1 Å². The molecule has 2 aliphatic heterocycles. The van der Waals surface area contributed by atoms with Gasteiger partial charge in [-0.1, -0.05) is 57.2 Å². The number of carbonyl (C=O) groups is 3. The number of hydrazine groups is 1. The highest BCUT2D eigenvalue weighted by Gasteiger charge is 2.44. The number of methoxy groups -OCH3 is 2. The van der Waals surface area contributed by atoms with Crippen LogP contribution < -0.4 is 20.8 Å². The van der Waals surface area contributed by atoms with Gasteiger partial charge in [0, 0.05) is 25.5 Å². The maximum Gasteiger partial charge on any atom is 0.407 e. The summed E-state index contributed by atoms with van der Waals surface area (Å²) in [4.78, 5) is 43.4. The Bertz CT molecular complexity index is 1620. The minimum absolute atomic E-state index is 0.0549. The number of rotatable bonds is 14. The van der Waals surface area contributed by atoms with E-state index in [9.17, 15) is 19.5 Å². The summed E-state index contributed by atoms with van der Waals surface area (Å²) in [7, 11) is 2.80. The number of alkyl carbamates (subject to hydrolysis) is 2. The molecule has 2 fully saturated rings. The van der Waals surface area contributed by atoms with Gasteiger partial charge >= 0.3 is 12.2 Å². The van der Waals surface area contributed by atoms with Gasteiger partial charge in [-0.2, -0.15) is 0 Å². The Morgan fingerprint density at radius 1 is 0.923 bits per heavy atom. The zero-order valence-corrected chi connectivity index (χ0v) is 30.2. The Kier molecular flexibility index (Phi) is 13.1. The van der Waals surface area contributed by atoms with Gasteiger partial charge in [-0.3, -0.25) is 15.2 Å². The van der Waals surface area contributed by atoms with Crippen LogP contribution in [0.25, 0.3) is 11.1 Å². The molecule has 14 nitrogen and oxygen atoms in total. The lowest BCUT2D eigenvalue weighted by Crippen LogP contribution is -2.59. The molecule has 14 heteroatoms. The number of fused-ring (bicyclic) bond motifs is 1. The van der Waals surface area contributed by atoms with E-state index in [0.717, 1.165) is 28.7 Å². The van der Waals surface area contributed by atoms with Gasteiger partial charge < -0.3 is 39.4 Å². The number of pyridine rings is 1. The number of nitrogens with zero attached hydrogens (tertiary/aromatic N) is 2. The fourth-order valence-electron chi connectivity index (χ4n) is 6.31. The maximum absolute atomic E-state index is 13.8. The van der Waals surface area contributed by atoms with Gasteiger partial charge in [0.15, 0.2) is 6.29 Å². The number of aliphatic hydroxyl groups is 1. The highest BCUT2D eigenvalue weighted by atomic mass is 16.7. The molecule has 0 spiro atoms. The number of benzene rings is 2. The lowest BCUT2D eigenvalue weighted by molar-refractivity contribution is -0.131. The van der Waals surface area contributed by atoms with E-state index in [1.165, 1.54) is 7.11 Å². The average molecular weight is 720 g/mol. The minimum atomic E-state index is -1.20. The number of amides is 3. The van der Waals surface area contributed by atoms with Crippen molar-refractivity contribution < 1.29 is 43.2 Å². The van der Waals surface area contributed by atoms with Crippen molar-refractivity contribution in [3.63, 3.8) is 0 Å². The van der Waals surface area contributed by atoms with Crippen LogP contribution in [0.2, 0.25) is 0 Å². The zero-order valence-electron chi connectivity index (χ0n) is 30.2. The first-order valence-corrected chi connectivity index (χ1v) is 17.3. The number of hydrogen-bond donors (Lipinski definition) is 4. The van der Waals surface area contributed by atoms with E-state index < -0.39 is 47.8 Å². The van der Waals surface area contributed by atoms with Crippen molar-refractivity contribution in [3.8, 4) is 16.9 Å². The number of aromatic nitrogens is 1. The van der Waals surface area contributed by atoms with Crippen LogP contribution in [0.4, 0.5) is 9.59 Å². The Balaban J connectivity index is 1.37. The molecule has 4 N–H and O–H groups in total. The number of ether oxygens (including phenoxy) is 5. The molecule has 2 saturated heterocycles. The van der Waals surface area contributed by atoms with Crippen LogP contribution in [-0.2, 0) is 36.7 Å². The van der Waals surface area contributed by atoms with E-state index in [1.807, 2.05) is 69.3 Å². The van der Waals surface area contributed by atoms with Crippen LogP contribution in [0.1, 0.15) is 38.3 Å². The van der Waals surface area contributed by atoms with Gasteiger partial charge in [0.1, 0.15) is 17.9 Å². The molecule has 3 amide bonds. The summed E-state index contributed by atoms with van der Waals surface area (Å²) in [6.07, 6.45) is 0.901. The predicted octanol–water partition coefficient (Wildman–Crippen LogP) is 3.82. The summed E-state index contributed by atoms with van der Waals surface area (Å²) in [5.74, 6) is 0.105. The number of hydrogen-bond acceptors (Lipinski definition) is 11. The van der Waals surface area contributed by atoms with E-state index >= 15 is 0 Å². The Hall–Kier alpha value is -4.76. The molecule has 0 radical (unpaired) electrons. The fraction of sp³-hybridized carbons (Fsp3) is 0.474. The van der Waals surface area contributed by atoms with Gasteiger partial charge in [-0.25, -0.2) is 14.6 Å². The van der Waals surface area contributed by atoms with Crippen molar-refractivity contribution in [2.75, 3.05) is 34.0 Å². The minimum Gasteiger partial charge on any atom is -0.497 e. The third kappa shape index (κ3) is 10.4. The second-order valence-corrected chi connectivity index (χ2v) is 14.1. The summed E-state index contributed by atoms with van der Waals surface area (Å²) in [5, 5.41) is 18.9. The average Bonchev–Trinajstić information content (AvgIpc) is 3.76. The van der Waals surface area contributed by atoms with Crippen molar-refractivity contribution in [3.05, 3.63) is 84.2 Å². The predicted molar refractivity (Wildman–Crippen MR) is 191 cm³/mol. The quantitative estimate of drug-likeness (QED) is 0.179. The lowest BCUT2D eigenvalue weighted by atomic mass is 9.86. The monoisotopic (exact) mass is 719 g/mol. The van der Waals surface area contributed by atoms with Crippen molar-refractivity contribution in [2.24, 2.45) is 11.3 Å². The number of aliphatic hydroxyl groups excluding tert-OH is 1. The molecular weight excluding hydrogens is 670 g/mol. The number of nitrogens with one attached hydrogen (secondary N) is 3. The third-order valence-corrected chi connectivity index (χ3v) is 9.22. The summed E-state index contributed by atoms with van der Waals surface area (Å²) < 4.78 is 27.1. The second kappa shape index (κ2) is 17.6. The van der Waals surface area contributed by atoms with E-state index in [-0.39, 0.29) is 38.3 Å². The molecule has 6 atom stereocenters. The third-order valence-electron chi connectivity index (χ3n) is 9.22. The van der Waals surface area contributed by atoms with Crippen LogP contribution >= 0.6 is 0 Å². The second-order valence-electron chi connectivity index (χ2n) is 14.1. The van der Waals surface area contributed by atoms with E-state index in [1.54, 1.807) is 36.6 Å². The van der Waals surface area contributed by atoms with Gasteiger partial charge in [-0.05, 0) is 64.8 Å². The zero-order chi connectivity index (χ0) is 37.3. The standard InChI is InChI=1S/C38H49N5O9/c1-38(2,3)33(41-36(46)49-5)34(45)42-43(21-25-6-10-26(11-7-25)27-14-17-39-18-15-27)22-31(44)30(20-24-8-12-28(48-4)13-9-24)40-37(47)52-32-23-51-35-29(32)16-19-50-35/h6-15,17-18,29-33,35,44H,16,19-23H2,1-5H3,(H,40,47)(H,41,46)(H,42,45)/t29-,30-,31-,32-,33?,35+/m0/s1. The van der Waals surface area contributed by atoms with Crippen molar-refractivity contribution in [2.45, 2.75) is 70.7 Å². The van der Waals surface area contributed by atoms with Crippen LogP contribution in [0.5, 0.6) is 5.75 Å². The molecule has 52 heavy (non-hydrogen) atoms. The van der Waals surface area contributed by atoms with Crippen LogP contribution in [0, 0.1) is 11.3 Å². The van der Waals surface area contributed by atoms with E-state index in [0.29, 0.717) is 12.4 Å². The van der Waals surface area contributed by atoms with E-state index in [4.69, 9.17) is 23.7 Å². The molecule has 1 unspecified atom stereocenters. The molecule has 1 aromatic heterocycles. The molecule has 0 bridgehead atoms. The molecule has 280 valence electrons. The molecule has 2 aromatic carbocycles. The molecule has 3 heterocycles. The normalized spacial score (nSPS) is 19.9. The largest absolute Gasteiger partial charge is 0.497 e. The lowest BCUT2D eigenvalue weighted by Gasteiger charge is -2.34. The summed E-state index contributed by atoms with van der Waals surface area (Å²) >= 11 is 0. The summed E-state index contributed by atoms with van der Waals surface area (Å²) in [6, 6.07) is 17.1. The SMILES string of the molecule is COC(=O)NC(C(=O)NN(Cc1ccc(-c2ccncc2)cc1)C[C@H](O)[C@H](Cc1ccc(OC)cc1)NC(=O)O[C@H]1CO[C@H]2OCC[C@H]21)C(C)(C)C. The smallest absolute Gasteiger partial charge is 0.407 e. The Morgan fingerprint density at radius 3 is 2.25 bits per heavy atom. The van der Waals surface area contributed by atoms with Gasteiger partial charge in [0.25, 0.3) is 5.91 Å². The summed E-state index contributed by atoms with van der Waals surface area (Å²) in [6.45, 7) is 6.31. The van der Waals surface area contributed by atoms with Crippen LogP contribution in [-0.4, -0.2) is 97.8 Å². The Morgan fingerprint density at radius 2 is 1.60 bits per heavy atom. The van der Waals surface area contributed by atoms with Crippen LogP contribution in [0.3, 0.4) is 0 Å². The van der Waals surface area contributed by atoms with Crippen molar-refractivity contribution in [1.29, 1.82) is 0 Å². The van der Waals surface area contributed by atoms with E-state index in [2.05, 4.69) is 21.0 Å². The highest BCUT2D eigenvalue weighted by molar-refractivity contribution is 5.86. The molecule has 0 saturated carbocycles. The summed E-state index contributed by atoms with van der Waals surface area (Å²) in [5.41, 5.74) is 5.89. The fourth-order valence-corrected chi connectivity index (χ4v) is 6.31. The first-order chi connectivity index (χ1) is 24.9. The van der Waals surface area contributed by atoms with Crippen LogP contribution in [0.15, 0.2) is 73.1 Å². The van der Waals surface area contributed by atoms with Gasteiger partial charge in [-0.15, -0.1) is 0 Å². The maximum atomic E-state index is 13.8. The topological polar surface area (TPSA) is 170 Å². The van der Waals surface area contributed by atoms with Crippen molar-refractivity contribution >= 4 is 18.1 Å².